The summed E-state index contributed by atoms with van der Waals surface area (Å²) in [6, 6.07) is 19.2. The predicted molar refractivity (Wildman–Crippen MR) is 87.8 cm³/mol. The Hall–Kier alpha value is -1.76. The molecule has 1 nitrogen and oxygen atoms in total. The summed E-state index contributed by atoms with van der Waals surface area (Å²) in [6.07, 6.45) is 3.76. The maximum absolute atomic E-state index is 5.81. The van der Waals surface area contributed by atoms with E-state index < -0.39 is 0 Å². The fraction of sp³-hybridized carbons (Fsp3) is 0.368. The molecule has 0 spiro atoms. The summed E-state index contributed by atoms with van der Waals surface area (Å²) >= 11 is 0. The lowest BCUT2D eigenvalue weighted by atomic mass is 9.86. The van der Waals surface area contributed by atoms with E-state index in [0.717, 1.165) is 11.6 Å². The van der Waals surface area contributed by atoms with Crippen LogP contribution in [0, 0.1) is 5.92 Å². The van der Waals surface area contributed by atoms with Crippen molar-refractivity contribution >= 4 is 5.69 Å². The zero-order chi connectivity index (χ0) is 14.4. The van der Waals surface area contributed by atoms with E-state index in [-0.39, 0.29) is 0 Å². The molecule has 0 aromatic heterocycles. The minimum atomic E-state index is 0.482. The maximum Gasteiger partial charge on any atom is 0.0314 e. The van der Waals surface area contributed by atoms with Crippen LogP contribution in [0.1, 0.15) is 50.2 Å². The van der Waals surface area contributed by atoms with Gasteiger partial charge in [0.25, 0.3) is 0 Å². The van der Waals surface area contributed by atoms with E-state index in [1.165, 1.54) is 30.4 Å². The van der Waals surface area contributed by atoms with Crippen molar-refractivity contribution in [1.82, 2.24) is 0 Å². The molecular weight excluding hydrogens is 242 g/mol. The van der Waals surface area contributed by atoms with Crippen LogP contribution in [0.15, 0.2) is 54.6 Å². The number of nitrogen functional groups attached to an aromatic ring is 1. The lowest BCUT2D eigenvalue weighted by Crippen LogP contribution is -2.02. The van der Waals surface area contributed by atoms with Gasteiger partial charge >= 0.3 is 0 Å². The van der Waals surface area contributed by atoms with Crippen LogP contribution >= 0.6 is 0 Å². The summed E-state index contributed by atoms with van der Waals surface area (Å²) in [5.41, 5.74) is 9.41. The van der Waals surface area contributed by atoms with Crippen LogP contribution in [0.2, 0.25) is 0 Å². The number of benzene rings is 2. The largest absolute Gasteiger partial charge is 0.399 e. The summed E-state index contributed by atoms with van der Waals surface area (Å²) in [6.45, 7) is 4.58. The van der Waals surface area contributed by atoms with Crippen LogP contribution in [0.5, 0.6) is 0 Å². The predicted octanol–water partition coefficient (Wildman–Crippen LogP) is 5.23. The number of hydrogen-bond acceptors (Lipinski definition) is 1. The molecule has 20 heavy (non-hydrogen) atoms. The van der Waals surface area contributed by atoms with E-state index in [1.54, 1.807) is 0 Å². The van der Waals surface area contributed by atoms with Crippen molar-refractivity contribution < 1.29 is 0 Å². The van der Waals surface area contributed by atoms with Crippen molar-refractivity contribution in [2.75, 3.05) is 5.73 Å². The van der Waals surface area contributed by atoms with Crippen molar-refractivity contribution in [3.05, 3.63) is 65.7 Å². The first-order chi connectivity index (χ1) is 9.66. The summed E-state index contributed by atoms with van der Waals surface area (Å²) in [5.74, 6) is 1.26. The fourth-order valence-electron chi connectivity index (χ4n) is 2.67. The molecule has 0 fully saturated rings. The molecule has 106 valence electrons. The Bertz CT molecular complexity index is 499. The highest BCUT2D eigenvalue weighted by Crippen LogP contribution is 2.30. The average molecular weight is 267 g/mol. The van der Waals surface area contributed by atoms with Crippen molar-refractivity contribution in [2.45, 2.75) is 39.0 Å². The molecule has 0 bridgehead atoms. The molecule has 0 aliphatic carbocycles. The second kappa shape index (κ2) is 7.14. The van der Waals surface area contributed by atoms with Crippen molar-refractivity contribution in [3.63, 3.8) is 0 Å². The van der Waals surface area contributed by atoms with Gasteiger partial charge < -0.3 is 5.73 Å². The summed E-state index contributed by atoms with van der Waals surface area (Å²) in [7, 11) is 0. The van der Waals surface area contributed by atoms with Crippen molar-refractivity contribution in [3.8, 4) is 0 Å². The monoisotopic (exact) mass is 267 g/mol. The second-order valence-corrected chi connectivity index (χ2v) is 5.95. The van der Waals surface area contributed by atoms with E-state index in [9.17, 15) is 0 Å². The Morgan fingerprint density at radius 3 is 2.00 bits per heavy atom. The van der Waals surface area contributed by atoms with E-state index >= 15 is 0 Å². The Morgan fingerprint density at radius 2 is 1.40 bits per heavy atom. The number of nitrogens with two attached hydrogens (primary N) is 1. The Balaban J connectivity index is 2.18. The van der Waals surface area contributed by atoms with Gasteiger partial charge in [-0.05, 0) is 35.6 Å². The highest BCUT2D eigenvalue weighted by molar-refractivity contribution is 5.42. The van der Waals surface area contributed by atoms with E-state index in [4.69, 9.17) is 5.73 Å². The topological polar surface area (TPSA) is 26.0 Å². The third-order valence-corrected chi connectivity index (χ3v) is 3.82. The zero-order valence-corrected chi connectivity index (χ0v) is 12.5. The first-order valence-corrected chi connectivity index (χ1v) is 7.57. The van der Waals surface area contributed by atoms with E-state index in [1.807, 2.05) is 12.1 Å². The molecule has 2 N–H and O–H groups in total. The molecule has 0 heterocycles. The number of hydrogen-bond donors (Lipinski definition) is 1. The Labute approximate surface area is 122 Å². The van der Waals surface area contributed by atoms with E-state index in [0.29, 0.717) is 5.92 Å². The van der Waals surface area contributed by atoms with Crippen molar-refractivity contribution in [1.29, 1.82) is 0 Å². The van der Waals surface area contributed by atoms with Gasteiger partial charge in [-0.3, -0.25) is 0 Å². The summed E-state index contributed by atoms with van der Waals surface area (Å²) in [5, 5.41) is 0. The normalized spacial score (nSPS) is 12.6. The Morgan fingerprint density at radius 1 is 0.800 bits per heavy atom. The average Bonchev–Trinajstić information content (AvgIpc) is 2.46. The highest BCUT2D eigenvalue weighted by Gasteiger charge is 2.13. The SMILES string of the molecule is CC(C)CCCC(c1ccccc1)c1ccc(N)cc1. The molecule has 1 atom stereocenters. The van der Waals surface area contributed by atoms with Crippen molar-refractivity contribution in [2.24, 2.45) is 5.92 Å². The zero-order valence-electron chi connectivity index (χ0n) is 12.5. The molecule has 0 amide bonds. The van der Waals surface area contributed by atoms with Crippen LogP contribution in [0.4, 0.5) is 5.69 Å². The molecule has 2 aromatic rings. The maximum atomic E-state index is 5.81. The molecule has 2 aromatic carbocycles. The number of anilines is 1. The van der Waals surface area contributed by atoms with Crippen LogP contribution in [0.3, 0.4) is 0 Å². The number of rotatable bonds is 6. The molecule has 0 saturated heterocycles. The van der Waals surface area contributed by atoms with Gasteiger partial charge in [0.1, 0.15) is 0 Å². The van der Waals surface area contributed by atoms with Crippen LogP contribution in [-0.2, 0) is 0 Å². The van der Waals surface area contributed by atoms with Crippen LogP contribution in [-0.4, -0.2) is 0 Å². The first kappa shape index (κ1) is 14.6. The molecule has 0 radical (unpaired) electrons. The van der Waals surface area contributed by atoms with Gasteiger partial charge in [-0.15, -0.1) is 0 Å². The molecule has 0 saturated carbocycles. The minimum Gasteiger partial charge on any atom is -0.399 e. The van der Waals surface area contributed by atoms with E-state index in [2.05, 4.69) is 56.3 Å². The summed E-state index contributed by atoms with van der Waals surface area (Å²) in [4.78, 5) is 0. The van der Waals surface area contributed by atoms with Gasteiger partial charge in [-0.2, -0.15) is 0 Å². The minimum absolute atomic E-state index is 0.482. The third-order valence-electron chi connectivity index (χ3n) is 3.82. The molecule has 1 heteroatoms. The summed E-state index contributed by atoms with van der Waals surface area (Å²) < 4.78 is 0. The molecule has 1 unspecified atom stereocenters. The Kier molecular flexibility index (Phi) is 5.23. The van der Waals surface area contributed by atoms with Crippen LogP contribution < -0.4 is 5.73 Å². The van der Waals surface area contributed by atoms with Crippen LogP contribution in [0.25, 0.3) is 0 Å². The molecule has 0 aliphatic rings. The van der Waals surface area contributed by atoms with Gasteiger partial charge in [0, 0.05) is 11.6 Å². The molecule has 2 rings (SSSR count). The van der Waals surface area contributed by atoms with Gasteiger partial charge in [-0.1, -0.05) is 69.2 Å². The van der Waals surface area contributed by atoms with Gasteiger partial charge in [0.2, 0.25) is 0 Å². The lowest BCUT2D eigenvalue weighted by molar-refractivity contribution is 0.521. The quantitative estimate of drug-likeness (QED) is 0.713. The standard InChI is InChI=1S/C19H25N/c1-15(2)7-6-10-19(16-8-4-3-5-9-16)17-11-13-18(20)14-12-17/h3-5,8-9,11-15,19H,6-7,10,20H2,1-2H3. The smallest absolute Gasteiger partial charge is 0.0314 e. The highest BCUT2D eigenvalue weighted by atomic mass is 14.5. The lowest BCUT2D eigenvalue weighted by Gasteiger charge is -2.19. The van der Waals surface area contributed by atoms with Gasteiger partial charge in [0.05, 0.1) is 0 Å². The second-order valence-electron chi connectivity index (χ2n) is 5.95. The first-order valence-electron chi connectivity index (χ1n) is 7.57. The molecule has 0 aliphatic heterocycles. The fourth-order valence-corrected chi connectivity index (χ4v) is 2.67. The van der Waals surface area contributed by atoms with Gasteiger partial charge in [-0.25, -0.2) is 0 Å². The molecular formula is C19H25N. The third kappa shape index (κ3) is 4.12. The van der Waals surface area contributed by atoms with Gasteiger partial charge in [0.15, 0.2) is 0 Å².